The first-order chi connectivity index (χ1) is 4.84. The van der Waals surface area contributed by atoms with E-state index in [2.05, 4.69) is 4.98 Å². The molecule has 0 saturated heterocycles. The van der Waals surface area contributed by atoms with Gasteiger partial charge in [0.1, 0.15) is 6.04 Å². The summed E-state index contributed by atoms with van der Waals surface area (Å²) in [7, 11) is 0. The molecule has 0 bridgehead atoms. The lowest BCUT2D eigenvalue weighted by atomic mass is 10.1. The number of hydrogen-bond donors (Lipinski definition) is 2. The van der Waals surface area contributed by atoms with Crippen LogP contribution in [0.15, 0.2) is 24.5 Å². The molecule has 12 heavy (non-hydrogen) atoms. The van der Waals surface area contributed by atoms with Crippen LogP contribution in [0.1, 0.15) is 11.6 Å². The molecule has 0 aromatic carbocycles. The molecule has 66 valence electrons. The fourth-order valence-electron chi connectivity index (χ4n) is 0.634. The van der Waals surface area contributed by atoms with E-state index in [1.165, 1.54) is 0 Å². The summed E-state index contributed by atoms with van der Waals surface area (Å²) in [4.78, 5) is 3.82. The summed E-state index contributed by atoms with van der Waals surface area (Å²) in [5, 5.41) is 8.39. The molecule has 1 aromatic rings. The van der Waals surface area contributed by atoms with Crippen molar-refractivity contribution in [3.05, 3.63) is 30.1 Å². The van der Waals surface area contributed by atoms with E-state index < -0.39 is 6.04 Å². The topological polar surface area (TPSA) is 97.7 Å². The number of pyridine rings is 1. The molecular formula is C7H11ClN4. The smallest absolute Gasteiger partial charge is 0.120 e. The van der Waals surface area contributed by atoms with Crippen LogP contribution in [-0.2, 0) is 0 Å². The van der Waals surface area contributed by atoms with Crippen LogP contribution in [0.2, 0.25) is 0 Å². The zero-order chi connectivity index (χ0) is 7.40. The Hall–Kier alpha value is -1.15. The Labute approximate surface area is 77.4 Å². The maximum Gasteiger partial charge on any atom is 0.120 e. The molecule has 1 aromatic heterocycles. The summed E-state index contributed by atoms with van der Waals surface area (Å²) in [5.74, 6) is 0. The van der Waals surface area contributed by atoms with Crippen molar-refractivity contribution in [2.75, 3.05) is 0 Å². The SMILES string of the molecule is Cl.N.N#CC(N)c1cccnc1. The molecule has 0 aliphatic carbocycles. The number of aromatic nitrogens is 1. The first kappa shape index (κ1) is 13.4. The lowest BCUT2D eigenvalue weighted by Gasteiger charge is -1.98. The summed E-state index contributed by atoms with van der Waals surface area (Å²) in [5.41, 5.74) is 6.15. The average Bonchev–Trinajstić information content (AvgIpc) is 2.05. The molecule has 0 aliphatic rings. The van der Waals surface area contributed by atoms with Crippen LogP contribution in [0.3, 0.4) is 0 Å². The minimum Gasteiger partial charge on any atom is -0.344 e. The van der Waals surface area contributed by atoms with Gasteiger partial charge in [0.2, 0.25) is 0 Å². The van der Waals surface area contributed by atoms with Gasteiger partial charge in [0, 0.05) is 18.0 Å². The zero-order valence-corrected chi connectivity index (χ0v) is 7.29. The van der Waals surface area contributed by atoms with Crippen LogP contribution in [0.25, 0.3) is 0 Å². The standard InChI is InChI=1S/C7H7N3.ClH.H3N/c8-4-7(9)6-2-1-3-10-5-6;;/h1-3,5,7H,9H2;1H;1H3. The number of nitriles is 1. The van der Waals surface area contributed by atoms with Gasteiger partial charge in [-0.15, -0.1) is 12.4 Å². The van der Waals surface area contributed by atoms with Gasteiger partial charge in [-0.25, -0.2) is 0 Å². The molecule has 0 radical (unpaired) electrons. The van der Waals surface area contributed by atoms with E-state index >= 15 is 0 Å². The van der Waals surface area contributed by atoms with Gasteiger partial charge in [0.25, 0.3) is 0 Å². The summed E-state index contributed by atoms with van der Waals surface area (Å²) >= 11 is 0. The van der Waals surface area contributed by atoms with E-state index in [9.17, 15) is 0 Å². The van der Waals surface area contributed by atoms with Crippen LogP contribution in [0.4, 0.5) is 0 Å². The van der Waals surface area contributed by atoms with Gasteiger partial charge in [0.05, 0.1) is 6.07 Å². The maximum atomic E-state index is 8.39. The van der Waals surface area contributed by atoms with Crippen molar-refractivity contribution in [2.45, 2.75) is 6.04 Å². The van der Waals surface area contributed by atoms with Gasteiger partial charge < -0.3 is 11.9 Å². The molecule has 4 nitrogen and oxygen atoms in total. The molecule has 1 atom stereocenters. The summed E-state index contributed by atoms with van der Waals surface area (Å²) in [6.45, 7) is 0. The third-order valence-electron chi connectivity index (χ3n) is 1.18. The van der Waals surface area contributed by atoms with Gasteiger partial charge in [-0.1, -0.05) is 6.07 Å². The number of rotatable bonds is 1. The number of nitrogens with zero attached hydrogens (tertiary/aromatic N) is 2. The van der Waals surface area contributed by atoms with Gasteiger partial charge in [-0.2, -0.15) is 5.26 Å². The fourth-order valence-corrected chi connectivity index (χ4v) is 0.634. The van der Waals surface area contributed by atoms with E-state index in [0.29, 0.717) is 0 Å². The normalized spacial score (nSPS) is 10.0. The van der Waals surface area contributed by atoms with Crippen LogP contribution in [0, 0.1) is 11.3 Å². The third kappa shape index (κ3) is 3.30. The van der Waals surface area contributed by atoms with E-state index in [-0.39, 0.29) is 18.6 Å². The van der Waals surface area contributed by atoms with E-state index in [0.717, 1.165) is 5.56 Å². The molecule has 0 amide bonds. The molecule has 5 heteroatoms. The van der Waals surface area contributed by atoms with Gasteiger partial charge >= 0.3 is 0 Å². The van der Waals surface area contributed by atoms with Crippen LogP contribution >= 0.6 is 12.4 Å². The summed E-state index contributed by atoms with van der Waals surface area (Å²) in [6.07, 6.45) is 3.24. The molecule has 0 spiro atoms. The molecule has 0 fully saturated rings. The zero-order valence-electron chi connectivity index (χ0n) is 6.47. The number of nitrogens with two attached hydrogens (primary N) is 1. The van der Waals surface area contributed by atoms with Gasteiger partial charge in [-0.3, -0.25) is 4.98 Å². The quantitative estimate of drug-likeness (QED) is 0.688. The minimum atomic E-state index is -0.548. The van der Waals surface area contributed by atoms with Crippen molar-refractivity contribution in [3.8, 4) is 6.07 Å². The average molecular weight is 187 g/mol. The summed E-state index contributed by atoms with van der Waals surface area (Å²) < 4.78 is 0. The molecule has 1 rings (SSSR count). The van der Waals surface area contributed by atoms with Crippen molar-refractivity contribution < 1.29 is 0 Å². The van der Waals surface area contributed by atoms with Crippen molar-refractivity contribution in [1.82, 2.24) is 11.1 Å². The number of hydrogen-bond acceptors (Lipinski definition) is 4. The van der Waals surface area contributed by atoms with E-state index in [1.807, 2.05) is 6.07 Å². The van der Waals surface area contributed by atoms with E-state index in [4.69, 9.17) is 11.0 Å². The largest absolute Gasteiger partial charge is 0.344 e. The monoisotopic (exact) mass is 186 g/mol. The van der Waals surface area contributed by atoms with Crippen molar-refractivity contribution >= 4 is 12.4 Å². The van der Waals surface area contributed by atoms with Crippen molar-refractivity contribution in [2.24, 2.45) is 5.73 Å². The van der Waals surface area contributed by atoms with E-state index in [1.54, 1.807) is 24.5 Å². The molecular weight excluding hydrogens is 176 g/mol. The Morgan fingerprint density at radius 3 is 2.67 bits per heavy atom. The number of halogens is 1. The predicted octanol–water partition coefficient (Wildman–Crippen LogP) is 1.19. The van der Waals surface area contributed by atoms with Crippen LogP contribution in [-0.4, -0.2) is 4.98 Å². The van der Waals surface area contributed by atoms with Gasteiger partial charge in [0.15, 0.2) is 0 Å². The van der Waals surface area contributed by atoms with Crippen molar-refractivity contribution in [3.63, 3.8) is 0 Å². The highest BCUT2D eigenvalue weighted by atomic mass is 35.5. The van der Waals surface area contributed by atoms with Gasteiger partial charge in [-0.05, 0) is 6.07 Å². The summed E-state index contributed by atoms with van der Waals surface area (Å²) in [6, 6.07) is 4.91. The first-order valence-electron chi connectivity index (χ1n) is 2.89. The highest BCUT2D eigenvalue weighted by Crippen LogP contribution is 2.04. The Balaban J connectivity index is 0. The highest BCUT2D eigenvalue weighted by Gasteiger charge is 2.00. The lowest BCUT2D eigenvalue weighted by molar-refractivity contribution is 0.915. The molecule has 1 heterocycles. The first-order valence-corrected chi connectivity index (χ1v) is 2.89. The third-order valence-corrected chi connectivity index (χ3v) is 1.18. The Morgan fingerprint density at radius 1 is 1.58 bits per heavy atom. The van der Waals surface area contributed by atoms with Crippen molar-refractivity contribution in [1.29, 1.82) is 5.26 Å². The predicted molar refractivity (Wildman–Crippen MR) is 49.0 cm³/mol. The van der Waals surface area contributed by atoms with Crippen LogP contribution in [0.5, 0.6) is 0 Å². The Morgan fingerprint density at radius 2 is 2.25 bits per heavy atom. The highest BCUT2D eigenvalue weighted by molar-refractivity contribution is 5.85. The second-order valence-corrected chi connectivity index (χ2v) is 1.89. The second-order valence-electron chi connectivity index (χ2n) is 1.89. The second kappa shape index (κ2) is 6.55. The molecule has 1 unspecified atom stereocenters. The molecule has 0 aliphatic heterocycles. The molecule has 0 saturated carbocycles. The minimum absolute atomic E-state index is 0. The Kier molecular flexibility index (Phi) is 7.34. The lowest BCUT2D eigenvalue weighted by Crippen LogP contribution is -2.06. The fraction of sp³-hybridized carbons (Fsp3) is 0.143. The molecule has 5 N–H and O–H groups in total. The maximum absolute atomic E-state index is 8.39. The Bertz CT molecular complexity index is 243. The van der Waals surface area contributed by atoms with Crippen LogP contribution < -0.4 is 11.9 Å².